The second-order valence-electron chi connectivity index (χ2n) is 5.65. The van der Waals surface area contributed by atoms with E-state index in [0.717, 1.165) is 4.90 Å². The molecule has 0 bridgehead atoms. The monoisotopic (exact) mass is 344 g/mol. The molecule has 0 saturated carbocycles. The Balaban J connectivity index is 1.92. The fourth-order valence-electron chi connectivity index (χ4n) is 2.67. The largest absolute Gasteiger partial charge is 0.344 e. The third-order valence-electron chi connectivity index (χ3n) is 4.02. The molecule has 124 valence electrons. The zero-order valence-corrected chi connectivity index (χ0v) is 14.0. The van der Waals surface area contributed by atoms with Crippen LogP contribution in [0.4, 0.5) is 10.1 Å². The first-order valence-electron chi connectivity index (χ1n) is 7.58. The predicted molar refractivity (Wildman–Crippen MR) is 92.3 cm³/mol. The molecule has 0 radical (unpaired) electrons. The minimum Gasteiger partial charge on any atom is -0.344 e. The molecule has 2 aromatic carbocycles. The second-order valence-corrected chi connectivity index (χ2v) is 7.03. The summed E-state index contributed by atoms with van der Waals surface area (Å²) < 4.78 is 12.6. The average Bonchev–Trinajstić information content (AvgIpc) is 2.87. The van der Waals surface area contributed by atoms with Gasteiger partial charge in [0.05, 0.1) is 5.69 Å². The maximum Gasteiger partial charge on any atom is 0.250 e. The first kappa shape index (κ1) is 16.5. The average molecular weight is 344 g/mol. The van der Waals surface area contributed by atoms with Gasteiger partial charge in [-0.3, -0.25) is 9.59 Å². The third-order valence-corrected chi connectivity index (χ3v) is 5.44. The lowest BCUT2D eigenvalue weighted by Crippen LogP contribution is -2.46. The SMILES string of the molecule is CN1CCC(Sc2ccccc2)(C(=O)Nc2ccccc2F)C1=O. The van der Waals surface area contributed by atoms with Crippen molar-refractivity contribution in [3.63, 3.8) is 0 Å². The number of hydrogen-bond acceptors (Lipinski definition) is 3. The van der Waals surface area contributed by atoms with Gasteiger partial charge in [-0.2, -0.15) is 0 Å². The van der Waals surface area contributed by atoms with Gasteiger partial charge in [-0.05, 0) is 30.7 Å². The van der Waals surface area contributed by atoms with Crippen molar-refractivity contribution >= 4 is 29.3 Å². The molecule has 3 rings (SSSR count). The van der Waals surface area contributed by atoms with Crippen LogP contribution in [0.3, 0.4) is 0 Å². The highest BCUT2D eigenvalue weighted by Crippen LogP contribution is 2.41. The summed E-state index contributed by atoms with van der Waals surface area (Å²) in [5.74, 6) is -1.27. The van der Waals surface area contributed by atoms with Gasteiger partial charge in [0.2, 0.25) is 5.91 Å². The molecule has 4 nitrogen and oxygen atoms in total. The number of hydrogen-bond donors (Lipinski definition) is 1. The predicted octanol–water partition coefficient (Wildman–Crippen LogP) is 3.16. The number of likely N-dealkylation sites (tertiary alicyclic amines) is 1. The molecular formula is C18H17FN2O2S. The molecule has 1 heterocycles. The van der Waals surface area contributed by atoms with Gasteiger partial charge in [0.1, 0.15) is 5.82 Å². The minimum absolute atomic E-state index is 0.0814. The zero-order chi connectivity index (χ0) is 17.2. The Kier molecular flexibility index (Phi) is 4.57. The smallest absolute Gasteiger partial charge is 0.250 e. The van der Waals surface area contributed by atoms with Crippen molar-refractivity contribution < 1.29 is 14.0 Å². The number of rotatable bonds is 4. The first-order valence-corrected chi connectivity index (χ1v) is 8.40. The zero-order valence-electron chi connectivity index (χ0n) is 13.2. The molecule has 1 fully saturated rings. The number of thioether (sulfide) groups is 1. The topological polar surface area (TPSA) is 49.4 Å². The van der Waals surface area contributed by atoms with Gasteiger partial charge in [0, 0.05) is 18.5 Å². The van der Waals surface area contributed by atoms with Crippen LogP contribution in [-0.4, -0.2) is 35.1 Å². The van der Waals surface area contributed by atoms with Crippen LogP contribution in [-0.2, 0) is 9.59 Å². The molecular weight excluding hydrogens is 327 g/mol. The Hall–Kier alpha value is -2.34. The fourth-order valence-corrected chi connectivity index (χ4v) is 3.95. The van der Waals surface area contributed by atoms with Gasteiger partial charge >= 0.3 is 0 Å². The van der Waals surface area contributed by atoms with Gasteiger partial charge in [-0.15, -0.1) is 0 Å². The van der Waals surface area contributed by atoms with E-state index in [-0.39, 0.29) is 11.6 Å². The summed E-state index contributed by atoms with van der Waals surface area (Å²) in [6.45, 7) is 0.489. The van der Waals surface area contributed by atoms with Gasteiger partial charge in [-0.25, -0.2) is 4.39 Å². The van der Waals surface area contributed by atoms with Crippen molar-refractivity contribution in [2.45, 2.75) is 16.1 Å². The Labute approximate surface area is 144 Å². The molecule has 0 aliphatic carbocycles. The van der Waals surface area contributed by atoms with E-state index in [1.165, 1.54) is 28.8 Å². The molecule has 2 aromatic rings. The van der Waals surface area contributed by atoms with Crippen molar-refractivity contribution in [3.8, 4) is 0 Å². The summed E-state index contributed by atoms with van der Waals surface area (Å²) in [5.41, 5.74) is 0.0814. The number of halogens is 1. The summed E-state index contributed by atoms with van der Waals surface area (Å²) in [4.78, 5) is 28.0. The maximum absolute atomic E-state index is 13.8. The van der Waals surface area contributed by atoms with Crippen molar-refractivity contribution in [2.24, 2.45) is 0 Å². The Morgan fingerprint density at radius 2 is 1.83 bits per heavy atom. The molecule has 1 aliphatic heterocycles. The fraction of sp³-hybridized carbons (Fsp3) is 0.222. The van der Waals surface area contributed by atoms with Gasteiger partial charge in [0.15, 0.2) is 4.75 Å². The Morgan fingerprint density at radius 3 is 2.46 bits per heavy atom. The summed E-state index contributed by atoms with van der Waals surface area (Å²) in [6, 6.07) is 15.2. The van der Waals surface area contributed by atoms with Crippen LogP contribution in [0.25, 0.3) is 0 Å². The molecule has 0 spiro atoms. The van der Waals surface area contributed by atoms with E-state index in [1.54, 1.807) is 19.2 Å². The van der Waals surface area contributed by atoms with E-state index in [9.17, 15) is 14.0 Å². The number of amides is 2. The minimum atomic E-state index is -1.28. The first-order chi connectivity index (χ1) is 11.5. The van der Waals surface area contributed by atoms with E-state index in [4.69, 9.17) is 0 Å². The number of para-hydroxylation sites is 1. The van der Waals surface area contributed by atoms with E-state index in [2.05, 4.69) is 5.32 Å². The van der Waals surface area contributed by atoms with Crippen LogP contribution in [0.15, 0.2) is 59.5 Å². The number of nitrogens with one attached hydrogen (secondary N) is 1. The standard InChI is InChI=1S/C18H17FN2O2S/c1-21-12-11-18(17(21)23,24-13-7-3-2-4-8-13)16(22)20-15-10-6-5-9-14(15)19/h2-10H,11-12H2,1H3,(H,20,22). The van der Waals surface area contributed by atoms with Crippen LogP contribution in [0.2, 0.25) is 0 Å². The number of anilines is 1. The Bertz CT molecular complexity index is 769. The number of carbonyl (C=O) groups is 2. The quantitative estimate of drug-likeness (QED) is 0.867. The van der Waals surface area contributed by atoms with E-state index in [0.29, 0.717) is 13.0 Å². The third kappa shape index (κ3) is 3.01. The van der Waals surface area contributed by atoms with E-state index >= 15 is 0 Å². The lowest BCUT2D eigenvalue weighted by Gasteiger charge is -2.25. The molecule has 1 saturated heterocycles. The van der Waals surface area contributed by atoms with Crippen LogP contribution < -0.4 is 5.32 Å². The molecule has 2 amide bonds. The highest BCUT2D eigenvalue weighted by molar-refractivity contribution is 8.02. The molecule has 1 N–H and O–H groups in total. The Morgan fingerprint density at radius 1 is 1.17 bits per heavy atom. The van der Waals surface area contributed by atoms with Crippen LogP contribution in [0, 0.1) is 5.82 Å². The van der Waals surface area contributed by atoms with Crippen molar-refractivity contribution in [1.82, 2.24) is 4.90 Å². The van der Waals surface area contributed by atoms with Crippen molar-refractivity contribution in [3.05, 3.63) is 60.4 Å². The summed E-state index contributed by atoms with van der Waals surface area (Å²) >= 11 is 1.22. The lowest BCUT2D eigenvalue weighted by molar-refractivity contribution is -0.133. The maximum atomic E-state index is 13.8. The van der Waals surface area contributed by atoms with Gasteiger partial charge < -0.3 is 10.2 Å². The van der Waals surface area contributed by atoms with Crippen LogP contribution in [0.5, 0.6) is 0 Å². The van der Waals surface area contributed by atoms with Crippen LogP contribution in [0.1, 0.15) is 6.42 Å². The molecule has 6 heteroatoms. The van der Waals surface area contributed by atoms with Crippen molar-refractivity contribution in [2.75, 3.05) is 18.9 Å². The molecule has 1 atom stereocenters. The van der Waals surface area contributed by atoms with E-state index < -0.39 is 16.5 Å². The number of benzene rings is 2. The number of carbonyl (C=O) groups excluding carboxylic acids is 2. The lowest BCUT2D eigenvalue weighted by atomic mass is 10.1. The summed E-state index contributed by atoms with van der Waals surface area (Å²) in [5, 5.41) is 2.58. The highest BCUT2D eigenvalue weighted by atomic mass is 32.2. The molecule has 24 heavy (non-hydrogen) atoms. The molecule has 0 aromatic heterocycles. The summed E-state index contributed by atoms with van der Waals surface area (Å²) in [7, 11) is 1.67. The molecule has 1 unspecified atom stereocenters. The summed E-state index contributed by atoms with van der Waals surface area (Å²) in [6.07, 6.45) is 0.377. The van der Waals surface area contributed by atoms with Gasteiger partial charge in [0.25, 0.3) is 5.91 Å². The number of nitrogens with zero attached hydrogens (tertiary/aromatic N) is 1. The van der Waals surface area contributed by atoms with Crippen molar-refractivity contribution in [1.29, 1.82) is 0 Å². The van der Waals surface area contributed by atoms with Crippen LogP contribution >= 0.6 is 11.8 Å². The highest BCUT2D eigenvalue weighted by Gasteiger charge is 2.52. The molecule has 1 aliphatic rings. The normalized spacial score (nSPS) is 20.2. The van der Waals surface area contributed by atoms with Gasteiger partial charge in [-0.1, -0.05) is 42.1 Å². The second kappa shape index (κ2) is 6.65. The van der Waals surface area contributed by atoms with E-state index in [1.807, 2.05) is 30.3 Å².